The Balaban J connectivity index is 1.48. The number of hydrogen-bond acceptors (Lipinski definition) is 5. The maximum Gasteiger partial charge on any atom is 0.241 e. The average molecular weight is 372 g/mol. The Bertz CT molecular complexity index is 1020. The molecule has 1 atom stereocenters. The predicted octanol–water partition coefficient (Wildman–Crippen LogP) is 3.45. The van der Waals surface area contributed by atoms with Crippen LogP contribution in [-0.4, -0.2) is 34.9 Å². The number of carbonyl (C=O) groups excluding carboxylic acids is 1. The van der Waals surface area contributed by atoms with Crippen LogP contribution in [0.15, 0.2) is 65.3 Å². The monoisotopic (exact) mass is 372 g/mol. The van der Waals surface area contributed by atoms with E-state index in [1.54, 1.807) is 23.3 Å². The molecule has 1 aromatic heterocycles. The minimum atomic E-state index is -0.0208. The first-order valence-corrected chi connectivity index (χ1v) is 9.19. The van der Waals surface area contributed by atoms with Gasteiger partial charge in [-0.3, -0.25) is 9.69 Å². The highest BCUT2D eigenvalue weighted by Crippen LogP contribution is 2.25. The molecule has 3 aromatic rings. The molecular formula is C22H20N4O2. The van der Waals surface area contributed by atoms with E-state index in [2.05, 4.69) is 22.9 Å². The minimum absolute atomic E-state index is 0.0208. The Morgan fingerprint density at radius 2 is 1.93 bits per heavy atom. The molecule has 0 bridgehead atoms. The predicted molar refractivity (Wildman–Crippen MR) is 105 cm³/mol. The molecule has 2 aromatic carbocycles. The molecule has 1 aliphatic heterocycles. The molecule has 0 aliphatic carbocycles. The number of piperazine rings is 1. The lowest BCUT2D eigenvalue weighted by Crippen LogP contribution is -2.55. The van der Waals surface area contributed by atoms with E-state index in [4.69, 9.17) is 4.42 Å². The maximum absolute atomic E-state index is 12.8. The molecule has 0 unspecified atom stereocenters. The summed E-state index contributed by atoms with van der Waals surface area (Å²) in [5.41, 5.74) is 2.91. The van der Waals surface area contributed by atoms with Crippen LogP contribution >= 0.6 is 0 Å². The lowest BCUT2D eigenvalue weighted by molar-refractivity contribution is -0.122. The van der Waals surface area contributed by atoms with E-state index in [0.717, 1.165) is 11.3 Å². The van der Waals surface area contributed by atoms with Crippen LogP contribution in [0.25, 0.3) is 11.5 Å². The Labute approximate surface area is 163 Å². The van der Waals surface area contributed by atoms with Gasteiger partial charge in [-0.05, 0) is 31.2 Å². The summed E-state index contributed by atoms with van der Waals surface area (Å²) < 4.78 is 5.61. The molecule has 1 aliphatic rings. The highest BCUT2D eigenvalue weighted by molar-refractivity contribution is 5.96. The molecule has 28 heavy (non-hydrogen) atoms. The summed E-state index contributed by atoms with van der Waals surface area (Å²) in [5.74, 6) is 0.559. The molecule has 140 valence electrons. The molecule has 6 heteroatoms. The number of nitrogens with zero attached hydrogens (tertiary/aromatic N) is 4. The zero-order chi connectivity index (χ0) is 19.5. The van der Waals surface area contributed by atoms with Crippen LogP contribution < -0.4 is 4.90 Å². The van der Waals surface area contributed by atoms with Crippen molar-refractivity contribution in [2.75, 3.05) is 18.0 Å². The number of hydrogen-bond donors (Lipinski definition) is 0. The van der Waals surface area contributed by atoms with Gasteiger partial charge in [0.25, 0.3) is 0 Å². The Kier molecular flexibility index (Phi) is 4.92. The molecule has 6 nitrogen and oxygen atoms in total. The van der Waals surface area contributed by atoms with E-state index < -0.39 is 0 Å². The largest absolute Gasteiger partial charge is 0.444 e. The van der Waals surface area contributed by atoms with Crippen molar-refractivity contribution in [3.05, 3.63) is 72.1 Å². The highest BCUT2D eigenvalue weighted by atomic mass is 16.3. The lowest BCUT2D eigenvalue weighted by atomic mass is 10.1. The van der Waals surface area contributed by atoms with Gasteiger partial charge in [-0.25, -0.2) is 4.98 Å². The molecular weight excluding hydrogens is 352 g/mol. The summed E-state index contributed by atoms with van der Waals surface area (Å²) >= 11 is 0. The van der Waals surface area contributed by atoms with Crippen molar-refractivity contribution in [2.24, 2.45) is 0 Å². The topological polar surface area (TPSA) is 73.4 Å². The molecule has 1 amide bonds. The molecule has 0 saturated carbocycles. The van der Waals surface area contributed by atoms with Crippen LogP contribution in [0.2, 0.25) is 0 Å². The van der Waals surface area contributed by atoms with Crippen LogP contribution in [0.5, 0.6) is 0 Å². The lowest BCUT2D eigenvalue weighted by Gasteiger charge is -2.39. The fourth-order valence-corrected chi connectivity index (χ4v) is 3.45. The standard InChI is InChI=1S/C22H20N4O2/c1-16-12-26(20-10-6-5-9-18(20)11-23)21(27)14-25(16)13-19-15-28-22(24-19)17-7-3-2-4-8-17/h2-10,15-16H,12-14H2,1H3/t16-/m1/s1. The van der Waals surface area contributed by atoms with Gasteiger partial charge in [0.05, 0.1) is 23.5 Å². The van der Waals surface area contributed by atoms with Gasteiger partial charge in [0.1, 0.15) is 12.3 Å². The van der Waals surface area contributed by atoms with Crippen LogP contribution in [0.4, 0.5) is 5.69 Å². The fraction of sp³-hybridized carbons (Fsp3) is 0.227. The van der Waals surface area contributed by atoms with Gasteiger partial charge in [0.2, 0.25) is 11.8 Å². The number of anilines is 1. The van der Waals surface area contributed by atoms with Crippen molar-refractivity contribution in [1.29, 1.82) is 5.26 Å². The fourth-order valence-electron chi connectivity index (χ4n) is 3.45. The number of aromatic nitrogens is 1. The van der Waals surface area contributed by atoms with Gasteiger partial charge >= 0.3 is 0 Å². The van der Waals surface area contributed by atoms with E-state index in [9.17, 15) is 10.1 Å². The average Bonchev–Trinajstić information content (AvgIpc) is 3.20. The number of rotatable bonds is 4. The van der Waals surface area contributed by atoms with Crippen molar-refractivity contribution in [3.63, 3.8) is 0 Å². The Hall–Kier alpha value is -3.43. The minimum Gasteiger partial charge on any atom is -0.444 e. The maximum atomic E-state index is 12.8. The summed E-state index contributed by atoms with van der Waals surface area (Å²) in [4.78, 5) is 21.1. The Morgan fingerprint density at radius 1 is 1.18 bits per heavy atom. The summed E-state index contributed by atoms with van der Waals surface area (Å²) in [7, 11) is 0. The number of para-hydroxylation sites is 1. The van der Waals surface area contributed by atoms with Crippen LogP contribution in [0.1, 0.15) is 18.2 Å². The summed E-state index contributed by atoms with van der Waals surface area (Å²) in [6.45, 7) is 3.42. The third kappa shape index (κ3) is 3.53. The second-order valence-corrected chi connectivity index (χ2v) is 6.90. The van der Waals surface area contributed by atoms with E-state index in [1.165, 1.54) is 0 Å². The third-order valence-electron chi connectivity index (χ3n) is 4.96. The van der Waals surface area contributed by atoms with Crippen LogP contribution in [0, 0.1) is 11.3 Å². The third-order valence-corrected chi connectivity index (χ3v) is 4.96. The van der Waals surface area contributed by atoms with Crippen molar-refractivity contribution < 1.29 is 9.21 Å². The summed E-state index contributed by atoms with van der Waals surface area (Å²) in [6, 6.07) is 19.2. The molecule has 1 fully saturated rings. The van der Waals surface area contributed by atoms with Gasteiger partial charge in [0.15, 0.2) is 0 Å². The normalized spacial score (nSPS) is 17.5. The first kappa shape index (κ1) is 18.0. The molecule has 1 saturated heterocycles. The first-order valence-electron chi connectivity index (χ1n) is 9.19. The Morgan fingerprint density at radius 3 is 2.71 bits per heavy atom. The molecule has 0 radical (unpaired) electrons. The van der Waals surface area contributed by atoms with Gasteiger partial charge in [-0.15, -0.1) is 0 Å². The van der Waals surface area contributed by atoms with Gasteiger partial charge in [0, 0.05) is 24.7 Å². The zero-order valence-corrected chi connectivity index (χ0v) is 15.6. The second-order valence-electron chi connectivity index (χ2n) is 6.90. The van der Waals surface area contributed by atoms with Crippen molar-refractivity contribution >= 4 is 11.6 Å². The van der Waals surface area contributed by atoms with Gasteiger partial charge in [-0.2, -0.15) is 5.26 Å². The van der Waals surface area contributed by atoms with E-state index in [0.29, 0.717) is 30.2 Å². The summed E-state index contributed by atoms with van der Waals surface area (Å²) in [6.07, 6.45) is 1.65. The summed E-state index contributed by atoms with van der Waals surface area (Å²) in [5, 5.41) is 9.33. The number of benzene rings is 2. The molecule has 4 rings (SSSR count). The second kappa shape index (κ2) is 7.67. The smallest absolute Gasteiger partial charge is 0.241 e. The number of oxazole rings is 1. The SMILES string of the molecule is C[C@@H]1CN(c2ccccc2C#N)C(=O)CN1Cc1coc(-c2ccccc2)n1. The van der Waals surface area contributed by atoms with Gasteiger partial charge in [-0.1, -0.05) is 30.3 Å². The number of nitriles is 1. The van der Waals surface area contributed by atoms with Crippen molar-refractivity contribution in [2.45, 2.75) is 19.5 Å². The van der Waals surface area contributed by atoms with E-state index in [1.807, 2.05) is 42.5 Å². The zero-order valence-electron chi connectivity index (χ0n) is 15.6. The highest BCUT2D eigenvalue weighted by Gasteiger charge is 2.31. The number of carbonyl (C=O) groups is 1. The first-order chi connectivity index (χ1) is 13.7. The van der Waals surface area contributed by atoms with Gasteiger partial charge < -0.3 is 9.32 Å². The van der Waals surface area contributed by atoms with Crippen LogP contribution in [-0.2, 0) is 11.3 Å². The molecule has 0 spiro atoms. The number of amides is 1. The quantitative estimate of drug-likeness (QED) is 0.701. The molecule has 2 heterocycles. The van der Waals surface area contributed by atoms with E-state index >= 15 is 0 Å². The van der Waals surface area contributed by atoms with Crippen molar-refractivity contribution in [3.8, 4) is 17.5 Å². The van der Waals surface area contributed by atoms with E-state index in [-0.39, 0.29) is 18.5 Å². The van der Waals surface area contributed by atoms with Crippen molar-refractivity contribution in [1.82, 2.24) is 9.88 Å². The molecule has 0 N–H and O–H groups in total. The van der Waals surface area contributed by atoms with Crippen LogP contribution in [0.3, 0.4) is 0 Å².